The number of benzene rings is 1. The Morgan fingerprint density at radius 1 is 1.20 bits per heavy atom. The molecule has 3 aromatic rings. The summed E-state index contributed by atoms with van der Waals surface area (Å²) in [5.74, 6) is 0.286. The molecule has 3 rings (SSSR count). The van der Waals surface area contributed by atoms with Crippen LogP contribution < -0.4 is 10.6 Å². The summed E-state index contributed by atoms with van der Waals surface area (Å²) in [5, 5.41) is 8.93. The van der Waals surface area contributed by atoms with E-state index in [1.54, 1.807) is 19.9 Å². The van der Waals surface area contributed by atoms with E-state index < -0.39 is 5.25 Å². The first-order valence-electron chi connectivity index (χ1n) is 9.06. The number of anilines is 2. The van der Waals surface area contributed by atoms with E-state index in [0.717, 1.165) is 16.9 Å². The smallest absolute Gasteiger partial charge is 0.238 e. The van der Waals surface area contributed by atoms with Gasteiger partial charge in [-0.05, 0) is 13.8 Å². The van der Waals surface area contributed by atoms with Crippen molar-refractivity contribution in [3.8, 4) is 11.3 Å². The lowest BCUT2D eigenvalue weighted by molar-refractivity contribution is -0.115. The van der Waals surface area contributed by atoms with Gasteiger partial charge in [0.1, 0.15) is 5.76 Å². The number of carbonyl (C=O) groups excluding carboxylic acids is 3. The van der Waals surface area contributed by atoms with Crippen molar-refractivity contribution in [1.29, 1.82) is 0 Å². The quantitative estimate of drug-likeness (QED) is 0.505. The van der Waals surface area contributed by atoms with Crippen LogP contribution in [0.3, 0.4) is 0 Å². The summed E-state index contributed by atoms with van der Waals surface area (Å²) in [6, 6.07) is 10.9. The van der Waals surface area contributed by atoms with Crippen molar-refractivity contribution in [1.82, 2.24) is 10.1 Å². The fourth-order valence-electron chi connectivity index (χ4n) is 2.49. The Labute approximate surface area is 181 Å². The van der Waals surface area contributed by atoms with Gasteiger partial charge in [0.05, 0.1) is 21.6 Å². The van der Waals surface area contributed by atoms with E-state index in [0.29, 0.717) is 27.3 Å². The third-order valence-corrected chi connectivity index (χ3v) is 6.17. The minimum atomic E-state index is -0.475. The van der Waals surface area contributed by atoms with Crippen molar-refractivity contribution in [2.45, 2.75) is 26.0 Å². The Balaban J connectivity index is 1.58. The minimum Gasteiger partial charge on any atom is -0.360 e. The second-order valence-corrected chi connectivity index (χ2v) is 8.76. The lowest BCUT2D eigenvalue weighted by Crippen LogP contribution is -2.25. The maximum absolute atomic E-state index is 12.3. The molecule has 0 radical (unpaired) electrons. The average Bonchev–Trinajstić information content (AvgIpc) is 3.33. The monoisotopic (exact) mass is 444 g/mol. The molecule has 1 aromatic carbocycles. The predicted molar refractivity (Wildman–Crippen MR) is 118 cm³/mol. The van der Waals surface area contributed by atoms with Gasteiger partial charge in [0.25, 0.3) is 0 Å². The van der Waals surface area contributed by atoms with Crippen molar-refractivity contribution in [3.63, 3.8) is 0 Å². The molecule has 2 amide bonds. The summed E-state index contributed by atoms with van der Waals surface area (Å²) in [6.45, 7) is 4.90. The summed E-state index contributed by atoms with van der Waals surface area (Å²) >= 11 is 2.31. The fraction of sp³-hybridized carbons (Fsp3) is 0.250. The number of thiazole rings is 1. The summed E-state index contributed by atoms with van der Waals surface area (Å²) < 4.78 is 4.90. The number of ketones is 1. The number of amides is 2. The third-order valence-electron chi connectivity index (χ3n) is 3.95. The third kappa shape index (κ3) is 5.55. The van der Waals surface area contributed by atoms with Crippen molar-refractivity contribution in [2.75, 3.05) is 16.4 Å². The van der Waals surface area contributed by atoms with Gasteiger partial charge in [-0.3, -0.25) is 14.4 Å². The van der Waals surface area contributed by atoms with Gasteiger partial charge in [-0.15, -0.1) is 11.8 Å². The zero-order chi connectivity index (χ0) is 21.7. The average molecular weight is 445 g/mol. The van der Waals surface area contributed by atoms with Gasteiger partial charge < -0.3 is 15.2 Å². The van der Waals surface area contributed by atoms with Crippen LogP contribution in [-0.2, 0) is 9.59 Å². The normalized spacial score (nSPS) is 11.7. The molecule has 30 heavy (non-hydrogen) atoms. The van der Waals surface area contributed by atoms with E-state index in [4.69, 9.17) is 4.52 Å². The molecule has 2 aromatic heterocycles. The van der Waals surface area contributed by atoms with Crippen molar-refractivity contribution in [2.24, 2.45) is 0 Å². The van der Waals surface area contributed by atoms with Crippen LogP contribution in [0.4, 0.5) is 10.9 Å². The second-order valence-electron chi connectivity index (χ2n) is 6.43. The zero-order valence-electron chi connectivity index (χ0n) is 16.6. The Morgan fingerprint density at radius 2 is 1.93 bits per heavy atom. The van der Waals surface area contributed by atoms with Crippen LogP contribution in [-0.4, -0.2) is 38.7 Å². The lowest BCUT2D eigenvalue weighted by Gasteiger charge is -2.09. The summed E-state index contributed by atoms with van der Waals surface area (Å²) in [6.07, 6.45) is 0. The number of hydrogen-bond acceptors (Lipinski definition) is 8. The molecule has 0 spiro atoms. The van der Waals surface area contributed by atoms with E-state index in [1.807, 2.05) is 30.3 Å². The second kappa shape index (κ2) is 9.68. The number of hydrogen-bond donors (Lipinski definition) is 2. The molecule has 2 heterocycles. The van der Waals surface area contributed by atoms with Crippen molar-refractivity contribution < 1.29 is 18.9 Å². The number of Topliss-reactive ketones (excluding diaryl/α,β-unsaturated/α-hetero) is 1. The number of aromatic nitrogens is 2. The van der Waals surface area contributed by atoms with Gasteiger partial charge in [-0.1, -0.05) is 46.8 Å². The first-order valence-corrected chi connectivity index (χ1v) is 10.9. The van der Waals surface area contributed by atoms with E-state index in [2.05, 4.69) is 20.8 Å². The molecule has 2 N–H and O–H groups in total. The van der Waals surface area contributed by atoms with Gasteiger partial charge in [0.15, 0.2) is 16.7 Å². The Bertz CT molecular complexity index is 1060. The molecule has 0 aliphatic carbocycles. The van der Waals surface area contributed by atoms with Gasteiger partial charge in [-0.25, -0.2) is 4.98 Å². The number of nitrogens with one attached hydrogen (secondary N) is 2. The minimum absolute atomic E-state index is 0.0576. The SMILES string of the molecule is CC(=O)c1sc(NC(=O)CS[C@H](C)C(=O)Nc2cc(C)on2)nc1-c1ccccc1. The summed E-state index contributed by atoms with van der Waals surface area (Å²) in [7, 11) is 0. The van der Waals surface area contributed by atoms with Gasteiger partial charge in [0.2, 0.25) is 11.8 Å². The molecular formula is C20H20N4O4S2. The zero-order valence-corrected chi connectivity index (χ0v) is 18.2. The molecule has 0 unspecified atom stereocenters. The molecule has 8 nitrogen and oxygen atoms in total. The van der Waals surface area contributed by atoms with E-state index >= 15 is 0 Å². The standard InChI is InChI=1S/C20H20N4O4S2/c1-11-9-15(24-28-11)21-19(27)13(3)29-10-16(26)22-20-23-17(18(30-20)12(2)25)14-7-5-4-6-8-14/h4-9,13H,10H2,1-3H3,(H,21,24,27)(H,22,23,26)/t13-/m1/s1. The first-order chi connectivity index (χ1) is 14.3. The Kier molecular flexibility index (Phi) is 7.01. The molecular weight excluding hydrogens is 424 g/mol. The Morgan fingerprint density at radius 3 is 2.57 bits per heavy atom. The summed E-state index contributed by atoms with van der Waals surface area (Å²) in [5.41, 5.74) is 1.36. The largest absolute Gasteiger partial charge is 0.360 e. The van der Waals surface area contributed by atoms with Crippen LogP contribution >= 0.6 is 23.1 Å². The molecule has 0 saturated carbocycles. The number of thioether (sulfide) groups is 1. The highest BCUT2D eigenvalue weighted by Gasteiger charge is 2.20. The van der Waals surface area contributed by atoms with Crippen LogP contribution in [0.5, 0.6) is 0 Å². The van der Waals surface area contributed by atoms with Crippen LogP contribution in [0.1, 0.15) is 29.3 Å². The van der Waals surface area contributed by atoms with Crippen LogP contribution in [0.25, 0.3) is 11.3 Å². The molecule has 0 aliphatic rings. The van der Waals surface area contributed by atoms with Crippen LogP contribution in [0.15, 0.2) is 40.9 Å². The van der Waals surface area contributed by atoms with Gasteiger partial charge in [-0.2, -0.15) is 0 Å². The highest BCUT2D eigenvalue weighted by Crippen LogP contribution is 2.31. The molecule has 10 heteroatoms. The molecule has 1 atom stereocenters. The Hall–Kier alpha value is -2.98. The number of rotatable bonds is 8. The van der Waals surface area contributed by atoms with Crippen LogP contribution in [0.2, 0.25) is 0 Å². The predicted octanol–water partition coefficient (Wildman–Crippen LogP) is 4.01. The highest BCUT2D eigenvalue weighted by molar-refractivity contribution is 8.01. The molecule has 156 valence electrons. The lowest BCUT2D eigenvalue weighted by atomic mass is 10.1. The molecule has 0 aliphatic heterocycles. The fourth-order valence-corrected chi connectivity index (χ4v) is 4.07. The maximum Gasteiger partial charge on any atom is 0.238 e. The van der Waals surface area contributed by atoms with Crippen LogP contribution in [0, 0.1) is 6.92 Å². The number of nitrogens with zero attached hydrogens (tertiary/aromatic N) is 2. The maximum atomic E-state index is 12.3. The first kappa shape index (κ1) is 21.7. The topological polar surface area (TPSA) is 114 Å². The van der Waals surface area contributed by atoms with E-state index in [9.17, 15) is 14.4 Å². The van der Waals surface area contributed by atoms with Crippen molar-refractivity contribution >= 4 is 51.6 Å². The molecule has 0 saturated heterocycles. The number of carbonyl (C=O) groups is 3. The van der Waals surface area contributed by atoms with E-state index in [1.165, 1.54) is 18.7 Å². The van der Waals surface area contributed by atoms with Gasteiger partial charge in [0, 0.05) is 18.6 Å². The van der Waals surface area contributed by atoms with E-state index in [-0.39, 0.29) is 23.4 Å². The van der Waals surface area contributed by atoms with Crippen molar-refractivity contribution in [3.05, 3.63) is 47.0 Å². The highest BCUT2D eigenvalue weighted by atomic mass is 32.2. The van der Waals surface area contributed by atoms with Gasteiger partial charge >= 0.3 is 0 Å². The molecule has 0 bridgehead atoms. The summed E-state index contributed by atoms with van der Waals surface area (Å²) in [4.78, 5) is 41.4. The number of aryl methyl sites for hydroxylation is 1. The molecule has 0 fully saturated rings.